The minimum absolute atomic E-state index is 0.0996. The van der Waals surface area contributed by atoms with E-state index in [1.165, 1.54) is 18.2 Å². The van der Waals surface area contributed by atoms with E-state index in [0.717, 1.165) is 6.33 Å². The van der Waals surface area contributed by atoms with Crippen LogP contribution in [0.15, 0.2) is 24.5 Å². The third-order valence-electron chi connectivity index (χ3n) is 3.44. The topological polar surface area (TPSA) is 113 Å². The third-order valence-corrected chi connectivity index (χ3v) is 3.44. The molecule has 0 saturated carbocycles. The first kappa shape index (κ1) is 20.3. The summed E-state index contributed by atoms with van der Waals surface area (Å²) in [5.41, 5.74) is -0.130. The Kier molecular flexibility index (Phi) is 6.07. The van der Waals surface area contributed by atoms with E-state index < -0.39 is 30.9 Å². The maximum absolute atomic E-state index is 13.1. The standard InChI is InChI=1S/C17H19F2N5O3/c1-17(2,3)27-16(26)23-13(8-25)10-4-5-11(7-20)12(6-10)14-21-9-22-24(14)15(18)19/h4-6,9,13,15,25H,8H2,1-3H3,(H,23,26)/t13-/m1/s1. The summed E-state index contributed by atoms with van der Waals surface area (Å²) in [6.45, 7) is 1.67. The van der Waals surface area contributed by atoms with Crippen molar-refractivity contribution in [1.29, 1.82) is 5.26 Å². The Labute approximate surface area is 154 Å². The molecule has 0 aliphatic carbocycles. The van der Waals surface area contributed by atoms with Gasteiger partial charge in [0.25, 0.3) is 0 Å². The van der Waals surface area contributed by atoms with Crippen LogP contribution in [0.25, 0.3) is 11.4 Å². The maximum atomic E-state index is 13.1. The largest absolute Gasteiger partial charge is 0.444 e. The van der Waals surface area contributed by atoms with Gasteiger partial charge in [-0.2, -0.15) is 23.8 Å². The van der Waals surface area contributed by atoms with Crippen molar-refractivity contribution in [2.24, 2.45) is 0 Å². The number of aliphatic hydroxyl groups excluding tert-OH is 1. The van der Waals surface area contributed by atoms with Gasteiger partial charge < -0.3 is 15.2 Å². The summed E-state index contributed by atoms with van der Waals surface area (Å²) in [6, 6.07) is 5.34. The second-order valence-corrected chi connectivity index (χ2v) is 6.60. The summed E-state index contributed by atoms with van der Waals surface area (Å²) in [5.74, 6) is -0.197. The molecule has 0 bridgehead atoms. The van der Waals surface area contributed by atoms with Crippen LogP contribution in [0.1, 0.15) is 44.5 Å². The molecule has 1 aromatic carbocycles. The van der Waals surface area contributed by atoms with Crippen molar-refractivity contribution in [3.63, 3.8) is 0 Å². The molecule has 0 fully saturated rings. The van der Waals surface area contributed by atoms with Crippen LogP contribution in [0.5, 0.6) is 0 Å². The predicted octanol–water partition coefficient (Wildman–Crippen LogP) is 2.77. The zero-order valence-electron chi connectivity index (χ0n) is 15.0. The number of carbonyl (C=O) groups excluding carboxylic acids is 1. The van der Waals surface area contributed by atoms with Crippen molar-refractivity contribution in [3.8, 4) is 17.5 Å². The average Bonchev–Trinajstić information content (AvgIpc) is 3.07. The number of nitriles is 1. The highest BCUT2D eigenvalue weighted by Crippen LogP contribution is 2.28. The normalized spacial score (nSPS) is 12.5. The van der Waals surface area contributed by atoms with Crippen LogP contribution in [-0.4, -0.2) is 38.2 Å². The molecule has 0 radical (unpaired) electrons. The highest BCUT2D eigenvalue weighted by molar-refractivity contribution is 5.69. The monoisotopic (exact) mass is 379 g/mol. The molecule has 1 heterocycles. The number of hydrogen-bond acceptors (Lipinski definition) is 6. The molecule has 0 aliphatic heterocycles. The number of rotatable bonds is 5. The molecule has 0 unspecified atom stereocenters. The predicted molar refractivity (Wildman–Crippen MR) is 90.6 cm³/mol. The number of alkyl carbamates (subject to hydrolysis) is 1. The Balaban J connectivity index is 2.39. The molecule has 2 rings (SSSR count). The summed E-state index contributed by atoms with van der Waals surface area (Å²) in [7, 11) is 0. The van der Waals surface area contributed by atoms with Crippen LogP contribution in [0.2, 0.25) is 0 Å². The summed E-state index contributed by atoms with van der Waals surface area (Å²) >= 11 is 0. The van der Waals surface area contributed by atoms with E-state index in [2.05, 4.69) is 15.4 Å². The van der Waals surface area contributed by atoms with Gasteiger partial charge in [0.05, 0.1) is 24.3 Å². The molecule has 2 aromatic rings. The fourth-order valence-corrected chi connectivity index (χ4v) is 2.33. The van der Waals surface area contributed by atoms with Gasteiger partial charge in [-0.15, -0.1) is 0 Å². The fraction of sp³-hybridized carbons (Fsp3) is 0.412. The van der Waals surface area contributed by atoms with Crippen LogP contribution in [0, 0.1) is 11.3 Å². The van der Waals surface area contributed by atoms with Crippen molar-refractivity contribution < 1.29 is 23.4 Å². The molecule has 144 valence electrons. The lowest BCUT2D eigenvalue weighted by molar-refractivity contribution is 0.0481. The molecule has 27 heavy (non-hydrogen) atoms. The Morgan fingerprint density at radius 1 is 1.44 bits per heavy atom. The van der Waals surface area contributed by atoms with Crippen LogP contribution in [0.3, 0.4) is 0 Å². The number of aliphatic hydroxyl groups is 1. The number of ether oxygens (including phenoxy) is 1. The van der Waals surface area contributed by atoms with Gasteiger partial charge in [0.2, 0.25) is 0 Å². The SMILES string of the molecule is CC(C)(C)OC(=O)N[C@H](CO)c1ccc(C#N)c(-c2ncnn2C(F)F)c1. The lowest BCUT2D eigenvalue weighted by atomic mass is 9.99. The number of nitrogens with zero attached hydrogens (tertiary/aromatic N) is 4. The highest BCUT2D eigenvalue weighted by Gasteiger charge is 2.23. The van der Waals surface area contributed by atoms with Gasteiger partial charge in [-0.1, -0.05) is 6.07 Å². The fourth-order valence-electron chi connectivity index (χ4n) is 2.33. The molecule has 0 aliphatic rings. The number of benzene rings is 1. The molecule has 1 aromatic heterocycles. The number of nitrogens with one attached hydrogen (secondary N) is 1. The van der Waals surface area contributed by atoms with E-state index >= 15 is 0 Å². The minimum Gasteiger partial charge on any atom is -0.444 e. The van der Waals surface area contributed by atoms with E-state index in [4.69, 9.17) is 4.74 Å². The summed E-state index contributed by atoms with van der Waals surface area (Å²) < 4.78 is 31.7. The Morgan fingerprint density at radius 3 is 2.70 bits per heavy atom. The van der Waals surface area contributed by atoms with Crippen LogP contribution >= 0.6 is 0 Å². The zero-order chi connectivity index (χ0) is 20.2. The number of alkyl halides is 2. The quantitative estimate of drug-likeness (QED) is 0.826. The van der Waals surface area contributed by atoms with Crippen molar-refractivity contribution in [1.82, 2.24) is 20.1 Å². The molecular formula is C17H19F2N5O3. The number of amides is 1. The molecule has 0 spiro atoms. The number of carbonyl (C=O) groups is 1. The van der Waals surface area contributed by atoms with Crippen LogP contribution < -0.4 is 5.32 Å². The summed E-state index contributed by atoms with van der Waals surface area (Å²) in [6.07, 6.45) is 0.209. The van der Waals surface area contributed by atoms with Crippen molar-refractivity contribution >= 4 is 6.09 Å². The first-order chi connectivity index (χ1) is 12.7. The first-order valence-corrected chi connectivity index (χ1v) is 7.98. The zero-order valence-corrected chi connectivity index (χ0v) is 15.0. The second-order valence-electron chi connectivity index (χ2n) is 6.60. The van der Waals surface area contributed by atoms with Crippen molar-refractivity contribution in [2.75, 3.05) is 6.61 Å². The number of aromatic nitrogens is 3. The van der Waals surface area contributed by atoms with E-state index in [1.807, 2.05) is 6.07 Å². The lowest BCUT2D eigenvalue weighted by Crippen LogP contribution is -2.36. The van der Waals surface area contributed by atoms with Gasteiger partial charge in [0.1, 0.15) is 11.9 Å². The average molecular weight is 379 g/mol. The van der Waals surface area contributed by atoms with Gasteiger partial charge >= 0.3 is 12.6 Å². The van der Waals surface area contributed by atoms with Crippen LogP contribution in [-0.2, 0) is 4.74 Å². The van der Waals surface area contributed by atoms with E-state index in [-0.39, 0.29) is 17.0 Å². The second kappa shape index (κ2) is 8.09. The molecule has 1 atom stereocenters. The molecule has 8 nitrogen and oxygen atoms in total. The molecule has 2 N–H and O–H groups in total. The van der Waals surface area contributed by atoms with Gasteiger partial charge in [0.15, 0.2) is 5.82 Å². The van der Waals surface area contributed by atoms with Gasteiger partial charge in [-0.25, -0.2) is 9.78 Å². The van der Waals surface area contributed by atoms with Crippen molar-refractivity contribution in [3.05, 3.63) is 35.7 Å². The van der Waals surface area contributed by atoms with Gasteiger partial charge in [0, 0.05) is 5.56 Å². The smallest absolute Gasteiger partial charge is 0.408 e. The van der Waals surface area contributed by atoms with Gasteiger partial charge in [-0.05, 0) is 38.5 Å². The first-order valence-electron chi connectivity index (χ1n) is 7.98. The Hall–Kier alpha value is -3.06. The maximum Gasteiger partial charge on any atom is 0.408 e. The summed E-state index contributed by atoms with van der Waals surface area (Å²) in [4.78, 5) is 15.8. The van der Waals surface area contributed by atoms with Crippen molar-refractivity contribution in [2.45, 2.75) is 39.0 Å². The molecular weight excluding hydrogens is 360 g/mol. The Morgan fingerprint density at radius 2 is 2.15 bits per heavy atom. The summed E-state index contributed by atoms with van der Waals surface area (Å²) in [5, 5.41) is 24.9. The van der Waals surface area contributed by atoms with E-state index in [1.54, 1.807) is 20.8 Å². The number of halogens is 2. The molecule has 1 amide bonds. The molecule has 0 saturated heterocycles. The number of hydrogen-bond donors (Lipinski definition) is 2. The van der Waals surface area contributed by atoms with Gasteiger partial charge in [-0.3, -0.25) is 0 Å². The minimum atomic E-state index is -2.94. The highest BCUT2D eigenvalue weighted by atomic mass is 19.3. The van der Waals surface area contributed by atoms with E-state index in [0.29, 0.717) is 10.2 Å². The third kappa shape index (κ3) is 4.98. The van der Waals surface area contributed by atoms with Crippen LogP contribution in [0.4, 0.5) is 13.6 Å². The molecule has 10 heteroatoms. The Bertz CT molecular complexity index is 855. The lowest BCUT2D eigenvalue weighted by Gasteiger charge is -2.23. The van der Waals surface area contributed by atoms with E-state index in [9.17, 15) is 23.9 Å².